The van der Waals surface area contributed by atoms with E-state index in [-0.39, 0.29) is 5.97 Å². The normalized spacial score (nSPS) is 22.8. The molecule has 0 radical (unpaired) electrons. The molecule has 0 amide bonds. The second-order valence-electron chi connectivity index (χ2n) is 3.60. The predicted molar refractivity (Wildman–Crippen MR) is 47.8 cm³/mol. The predicted octanol–water partition coefficient (Wildman–Crippen LogP) is 2.52. The Morgan fingerprint density at radius 2 is 2.25 bits per heavy atom. The Hall–Kier alpha value is -0.530. The average Bonchev–Trinajstić information content (AvgIpc) is 2.45. The molecule has 1 aliphatic heterocycles. The molecule has 1 saturated heterocycles. The van der Waals surface area contributed by atoms with Gasteiger partial charge in [0.05, 0.1) is 13.0 Å². The first-order valence-corrected chi connectivity index (χ1v) is 4.98. The van der Waals surface area contributed by atoms with Gasteiger partial charge in [0.1, 0.15) is 0 Å². The minimum absolute atomic E-state index is 0.00417. The van der Waals surface area contributed by atoms with Crippen molar-refractivity contribution in [3.05, 3.63) is 0 Å². The maximum Gasteiger partial charge on any atom is 0.306 e. The zero-order chi connectivity index (χ0) is 8.81. The van der Waals surface area contributed by atoms with Gasteiger partial charge in [-0.1, -0.05) is 32.6 Å². The molecule has 1 fully saturated rings. The number of carbonyl (C=O) groups is 1. The molecule has 0 saturated carbocycles. The van der Waals surface area contributed by atoms with E-state index < -0.39 is 0 Å². The number of carbonyl (C=O) groups excluding carboxylic acids is 1. The molecule has 2 heteroatoms. The lowest BCUT2D eigenvalue weighted by molar-refractivity contribution is -0.137. The number of cyclic esters (lactones) is 1. The highest BCUT2D eigenvalue weighted by atomic mass is 16.5. The van der Waals surface area contributed by atoms with E-state index >= 15 is 0 Å². The Morgan fingerprint density at radius 3 is 2.83 bits per heavy atom. The zero-order valence-electron chi connectivity index (χ0n) is 7.84. The Labute approximate surface area is 74.3 Å². The largest absolute Gasteiger partial charge is 0.465 e. The first-order chi connectivity index (χ1) is 5.83. The number of rotatable bonds is 5. The van der Waals surface area contributed by atoms with Crippen molar-refractivity contribution >= 4 is 5.97 Å². The number of ether oxygens (including phenoxy) is 1. The van der Waals surface area contributed by atoms with Crippen LogP contribution in [0.15, 0.2) is 0 Å². The van der Waals surface area contributed by atoms with Gasteiger partial charge in [-0.15, -0.1) is 0 Å². The molecule has 12 heavy (non-hydrogen) atoms. The van der Waals surface area contributed by atoms with Crippen LogP contribution in [0.25, 0.3) is 0 Å². The molecule has 70 valence electrons. The van der Waals surface area contributed by atoms with Crippen LogP contribution in [0.2, 0.25) is 0 Å². The number of unbranched alkanes of at least 4 members (excludes halogenated alkanes) is 3. The van der Waals surface area contributed by atoms with Crippen LogP contribution in [0.1, 0.15) is 45.4 Å². The lowest BCUT2D eigenvalue weighted by Gasteiger charge is -2.03. The van der Waals surface area contributed by atoms with Crippen molar-refractivity contribution in [3.8, 4) is 0 Å². The van der Waals surface area contributed by atoms with Crippen LogP contribution >= 0.6 is 0 Å². The van der Waals surface area contributed by atoms with Gasteiger partial charge in [0.25, 0.3) is 0 Å². The third-order valence-electron chi connectivity index (χ3n) is 2.40. The third kappa shape index (κ3) is 3.24. The molecule has 1 atom stereocenters. The molecule has 0 spiro atoms. The molecule has 0 aromatic rings. The fourth-order valence-corrected chi connectivity index (χ4v) is 1.61. The van der Waals surface area contributed by atoms with Crippen LogP contribution in [0.3, 0.4) is 0 Å². The van der Waals surface area contributed by atoms with E-state index in [1.807, 2.05) is 0 Å². The Kier molecular flexibility index (Phi) is 4.12. The van der Waals surface area contributed by atoms with Crippen molar-refractivity contribution in [3.63, 3.8) is 0 Å². The van der Waals surface area contributed by atoms with Crippen LogP contribution < -0.4 is 0 Å². The van der Waals surface area contributed by atoms with Gasteiger partial charge in [0.2, 0.25) is 0 Å². The molecular weight excluding hydrogens is 152 g/mol. The minimum Gasteiger partial charge on any atom is -0.465 e. The second kappa shape index (κ2) is 5.18. The first-order valence-electron chi connectivity index (χ1n) is 4.98. The van der Waals surface area contributed by atoms with Crippen molar-refractivity contribution in [2.45, 2.75) is 45.4 Å². The molecule has 1 heterocycles. The van der Waals surface area contributed by atoms with Gasteiger partial charge < -0.3 is 4.74 Å². The van der Waals surface area contributed by atoms with E-state index in [4.69, 9.17) is 4.74 Å². The van der Waals surface area contributed by atoms with Crippen LogP contribution in [0.5, 0.6) is 0 Å². The fraction of sp³-hybridized carbons (Fsp3) is 0.900. The molecule has 2 nitrogen and oxygen atoms in total. The summed E-state index contributed by atoms with van der Waals surface area (Å²) in [6, 6.07) is 0. The highest BCUT2D eigenvalue weighted by Gasteiger charge is 2.22. The van der Waals surface area contributed by atoms with Crippen molar-refractivity contribution in [1.29, 1.82) is 0 Å². The van der Waals surface area contributed by atoms with Gasteiger partial charge in [-0.3, -0.25) is 4.79 Å². The molecule has 0 unspecified atom stereocenters. The van der Waals surface area contributed by atoms with E-state index in [2.05, 4.69) is 6.92 Å². The van der Waals surface area contributed by atoms with Gasteiger partial charge in [-0.2, -0.15) is 0 Å². The smallest absolute Gasteiger partial charge is 0.306 e. The average molecular weight is 170 g/mol. The second-order valence-corrected chi connectivity index (χ2v) is 3.60. The standard InChI is InChI=1S/C10H18O2/c1-2-3-4-5-6-9-7-10(11)12-8-9/h9H,2-8H2,1H3/t9-/m0/s1. The summed E-state index contributed by atoms with van der Waals surface area (Å²) in [4.78, 5) is 10.7. The summed E-state index contributed by atoms with van der Waals surface area (Å²) in [5.74, 6) is 0.518. The number of esters is 1. The summed E-state index contributed by atoms with van der Waals surface area (Å²) in [6.45, 7) is 2.88. The van der Waals surface area contributed by atoms with Crippen LogP contribution in [-0.4, -0.2) is 12.6 Å². The minimum atomic E-state index is -0.00417. The van der Waals surface area contributed by atoms with Gasteiger partial charge in [-0.05, 0) is 6.42 Å². The zero-order valence-corrected chi connectivity index (χ0v) is 7.84. The monoisotopic (exact) mass is 170 g/mol. The molecule has 1 rings (SSSR count). The molecule has 0 N–H and O–H groups in total. The van der Waals surface area contributed by atoms with Gasteiger partial charge in [0.15, 0.2) is 0 Å². The highest BCUT2D eigenvalue weighted by Crippen LogP contribution is 2.20. The quantitative estimate of drug-likeness (QED) is 0.468. The third-order valence-corrected chi connectivity index (χ3v) is 2.40. The molecule has 1 aliphatic rings. The van der Waals surface area contributed by atoms with E-state index in [1.165, 1.54) is 32.1 Å². The summed E-state index contributed by atoms with van der Waals surface area (Å²) >= 11 is 0. The van der Waals surface area contributed by atoms with Gasteiger partial charge in [0, 0.05) is 5.92 Å². The van der Waals surface area contributed by atoms with Crippen molar-refractivity contribution in [2.75, 3.05) is 6.61 Å². The summed E-state index contributed by atoms with van der Waals surface area (Å²) < 4.78 is 4.88. The van der Waals surface area contributed by atoms with Crippen molar-refractivity contribution in [1.82, 2.24) is 0 Å². The summed E-state index contributed by atoms with van der Waals surface area (Å²) in [6.07, 6.45) is 7.00. The summed E-state index contributed by atoms with van der Waals surface area (Å²) in [7, 11) is 0. The Bertz CT molecular complexity index is 143. The topological polar surface area (TPSA) is 26.3 Å². The van der Waals surface area contributed by atoms with E-state index in [9.17, 15) is 4.79 Å². The maximum atomic E-state index is 10.7. The fourth-order valence-electron chi connectivity index (χ4n) is 1.61. The van der Waals surface area contributed by atoms with Crippen molar-refractivity contribution in [2.24, 2.45) is 5.92 Å². The summed E-state index contributed by atoms with van der Waals surface area (Å²) in [5, 5.41) is 0. The van der Waals surface area contributed by atoms with Gasteiger partial charge in [-0.25, -0.2) is 0 Å². The van der Waals surface area contributed by atoms with E-state index in [0.717, 1.165) is 0 Å². The number of hydrogen-bond acceptors (Lipinski definition) is 2. The van der Waals surface area contributed by atoms with Crippen LogP contribution in [-0.2, 0) is 9.53 Å². The molecule has 0 aromatic carbocycles. The van der Waals surface area contributed by atoms with Gasteiger partial charge >= 0.3 is 5.97 Å². The van der Waals surface area contributed by atoms with E-state index in [1.54, 1.807) is 0 Å². The Morgan fingerprint density at radius 1 is 1.42 bits per heavy atom. The van der Waals surface area contributed by atoms with Crippen molar-refractivity contribution < 1.29 is 9.53 Å². The molecule has 0 aliphatic carbocycles. The molecule has 0 bridgehead atoms. The Balaban J connectivity index is 1.97. The lowest BCUT2D eigenvalue weighted by atomic mass is 10.0. The molecular formula is C10H18O2. The SMILES string of the molecule is CCCCCC[C@@H]1COC(=O)C1. The summed E-state index contributed by atoms with van der Waals surface area (Å²) in [5.41, 5.74) is 0. The van der Waals surface area contributed by atoms with E-state index in [0.29, 0.717) is 18.9 Å². The lowest BCUT2D eigenvalue weighted by Crippen LogP contribution is -1.98. The number of hydrogen-bond donors (Lipinski definition) is 0. The first kappa shape index (κ1) is 9.56. The maximum absolute atomic E-state index is 10.7. The van der Waals surface area contributed by atoms with Crippen LogP contribution in [0.4, 0.5) is 0 Å². The van der Waals surface area contributed by atoms with Crippen LogP contribution in [0, 0.1) is 5.92 Å². The molecule has 0 aromatic heterocycles. The highest BCUT2D eigenvalue weighted by molar-refractivity contribution is 5.71.